The van der Waals surface area contributed by atoms with Crippen LogP contribution in [0.1, 0.15) is 46.5 Å². The fourth-order valence-electron chi connectivity index (χ4n) is 2.65. The first kappa shape index (κ1) is 12.3. The Morgan fingerprint density at radius 2 is 1.88 bits per heavy atom. The van der Waals surface area contributed by atoms with Gasteiger partial charge in [-0.05, 0) is 36.5 Å². The Labute approximate surface area is 102 Å². The van der Waals surface area contributed by atoms with Crippen LogP contribution < -0.4 is 0 Å². The summed E-state index contributed by atoms with van der Waals surface area (Å²) in [6, 6.07) is 0. The molecule has 92 valence electrons. The average molecular weight is 240 g/mol. The molecule has 1 nitrogen and oxygen atoms in total. The molecule has 1 heterocycles. The lowest BCUT2D eigenvalue weighted by Crippen LogP contribution is -2.17. The molecule has 0 amide bonds. The quantitative estimate of drug-likeness (QED) is 0.543. The van der Waals surface area contributed by atoms with Crippen LogP contribution in [0.15, 0.2) is 0 Å². The summed E-state index contributed by atoms with van der Waals surface area (Å²) in [6.07, 6.45) is 5.54. The molecule has 1 saturated carbocycles. The van der Waals surface area contributed by atoms with Gasteiger partial charge in [0, 0.05) is 0 Å². The number of ether oxygens (including phenoxy) is 1. The smallest absolute Gasteiger partial charge is 0.156 e. The van der Waals surface area contributed by atoms with E-state index in [-0.39, 0.29) is 5.60 Å². The normalized spacial score (nSPS) is 33.6. The Kier molecular flexibility index (Phi) is 3.56. The lowest BCUT2D eigenvalue weighted by molar-refractivity contribution is 0.336. The second kappa shape index (κ2) is 4.63. The summed E-state index contributed by atoms with van der Waals surface area (Å²) >= 11 is 0. The Bertz CT molecular complexity index is 302. The van der Waals surface area contributed by atoms with Crippen LogP contribution in [0.25, 0.3) is 0 Å². The fraction of sp³-hybridized carbons (Fsp3) is 0.857. The predicted molar refractivity (Wildman–Crippen MR) is 73.1 cm³/mol. The molecule has 2 aliphatic rings. The van der Waals surface area contributed by atoms with Crippen molar-refractivity contribution < 1.29 is 4.74 Å². The summed E-state index contributed by atoms with van der Waals surface area (Å²) in [4.78, 5) is 0. The third-order valence-electron chi connectivity index (χ3n) is 4.22. The first-order valence-electron chi connectivity index (χ1n) is 6.68. The van der Waals surface area contributed by atoms with Gasteiger partial charge >= 0.3 is 0 Å². The lowest BCUT2D eigenvalue weighted by Gasteiger charge is -2.30. The van der Waals surface area contributed by atoms with Crippen molar-refractivity contribution >= 4 is 10.0 Å². The average Bonchev–Trinajstić information content (AvgIpc) is 3.06. The fourth-order valence-corrected chi connectivity index (χ4v) is 4.69. The van der Waals surface area contributed by atoms with Gasteiger partial charge in [-0.15, -0.1) is 0 Å². The Morgan fingerprint density at radius 1 is 1.19 bits per heavy atom. The summed E-state index contributed by atoms with van der Waals surface area (Å²) < 4.78 is 5.83. The highest BCUT2D eigenvalue weighted by Crippen LogP contribution is 2.50. The molecule has 16 heavy (non-hydrogen) atoms. The largest absolute Gasteiger partial charge is 0.352 e. The monoisotopic (exact) mass is 240 g/mol. The molecule has 2 atom stereocenters. The highest BCUT2D eigenvalue weighted by Gasteiger charge is 2.56. The summed E-state index contributed by atoms with van der Waals surface area (Å²) in [6.45, 7) is 6.88. The number of hydrogen-bond acceptors (Lipinski definition) is 1. The van der Waals surface area contributed by atoms with Crippen molar-refractivity contribution in [3.63, 3.8) is 0 Å². The van der Waals surface area contributed by atoms with Crippen molar-refractivity contribution in [3.05, 3.63) is 0 Å². The van der Waals surface area contributed by atoms with Crippen LogP contribution in [0.5, 0.6) is 0 Å². The van der Waals surface area contributed by atoms with Gasteiger partial charge in [0.2, 0.25) is 0 Å². The van der Waals surface area contributed by atoms with E-state index >= 15 is 0 Å². The van der Waals surface area contributed by atoms with E-state index in [1.54, 1.807) is 0 Å². The van der Waals surface area contributed by atoms with Crippen LogP contribution in [-0.2, 0) is 4.74 Å². The van der Waals surface area contributed by atoms with Gasteiger partial charge in [-0.3, -0.25) is 0 Å². The molecule has 0 aromatic carbocycles. The van der Waals surface area contributed by atoms with Crippen LogP contribution in [-0.4, -0.2) is 29.0 Å². The Balaban J connectivity index is 2.09. The molecule has 1 aliphatic carbocycles. The maximum Gasteiger partial charge on any atom is 0.156 e. The van der Waals surface area contributed by atoms with Gasteiger partial charge in [0.1, 0.15) is 0 Å². The van der Waals surface area contributed by atoms with Gasteiger partial charge in [0.05, 0.1) is 6.10 Å². The predicted octanol–water partition coefficient (Wildman–Crippen LogP) is 3.52. The van der Waals surface area contributed by atoms with Crippen molar-refractivity contribution in [2.45, 2.75) is 58.2 Å². The van der Waals surface area contributed by atoms with Crippen LogP contribution in [0.2, 0.25) is 0 Å². The van der Waals surface area contributed by atoms with E-state index in [1.165, 1.54) is 42.9 Å². The first-order chi connectivity index (χ1) is 7.70. The van der Waals surface area contributed by atoms with Gasteiger partial charge in [0.25, 0.3) is 0 Å². The van der Waals surface area contributed by atoms with E-state index in [1.807, 2.05) is 0 Å². The van der Waals surface area contributed by atoms with E-state index < -0.39 is 10.0 Å². The molecule has 0 N–H and O–H groups in total. The molecule has 1 aliphatic heterocycles. The number of epoxide rings is 1. The molecule has 0 bridgehead atoms. The zero-order valence-electron chi connectivity index (χ0n) is 10.8. The van der Waals surface area contributed by atoms with E-state index in [0.717, 1.165) is 0 Å². The molecule has 0 aromatic heterocycles. The topological polar surface area (TPSA) is 12.5 Å². The second-order valence-corrected chi connectivity index (χ2v) is 8.91. The lowest BCUT2D eigenvalue weighted by atomic mass is 9.90. The minimum atomic E-state index is -0.662. The number of hydrogen-bond donors (Lipinski definition) is 0. The van der Waals surface area contributed by atoms with Gasteiger partial charge in [0.15, 0.2) is 5.60 Å². The van der Waals surface area contributed by atoms with Crippen LogP contribution >= 0.6 is 10.0 Å². The number of rotatable bonds is 3. The zero-order chi connectivity index (χ0) is 11.6. The van der Waals surface area contributed by atoms with Crippen molar-refractivity contribution in [2.24, 2.45) is 0 Å². The standard InChI is InChI=1S/C14H24OS/c1-4-16(5-2,6-3)12-11-14-10-8-7-9-13(14)15-14/h13H,4-10H2,1-3H3/t13-,14-/m1/s1. The summed E-state index contributed by atoms with van der Waals surface area (Å²) in [5.41, 5.74) is 0.00993. The van der Waals surface area contributed by atoms with Crippen LogP contribution in [0.4, 0.5) is 0 Å². The maximum atomic E-state index is 5.83. The van der Waals surface area contributed by atoms with Crippen LogP contribution in [0, 0.1) is 11.2 Å². The molecule has 0 aromatic rings. The van der Waals surface area contributed by atoms with E-state index in [0.29, 0.717) is 6.10 Å². The molecule has 2 fully saturated rings. The zero-order valence-corrected chi connectivity index (χ0v) is 11.7. The summed E-state index contributed by atoms with van der Waals surface area (Å²) in [5.74, 6) is 7.26. The summed E-state index contributed by atoms with van der Waals surface area (Å²) in [5, 5.41) is 3.64. The minimum absolute atomic E-state index is 0.00993. The minimum Gasteiger partial charge on any atom is -0.352 e. The van der Waals surface area contributed by atoms with Crippen LogP contribution in [0.3, 0.4) is 0 Å². The van der Waals surface area contributed by atoms with Crippen molar-refractivity contribution in [2.75, 3.05) is 17.3 Å². The van der Waals surface area contributed by atoms with Gasteiger partial charge < -0.3 is 4.74 Å². The third kappa shape index (κ3) is 2.13. The highest BCUT2D eigenvalue weighted by molar-refractivity contribution is 8.37. The number of fused-ring (bicyclic) bond motifs is 1. The van der Waals surface area contributed by atoms with Crippen molar-refractivity contribution in [3.8, 4) is 11.2 Å². The third-order valence-corrected chi connectivity index (χ3v) is 8.07. The molecular formula is C14H24OS. The second-order valence-electron chi connectivity index (χ2n) is 4.88. The first-order valence-corrected chi connectivity index (χ1v) is 8.82. The SMILES string of the molecule is CCS(C#C[C@]12CCCC[C@H]1O2)(CC)CC. The van der Waals surface area contributed by atoms with Gasteiger partial charge in [-0.2, -0.15) is 10.0 Å². The molecular weight excluding hydrogens is 216 g/mol. The molecule has 0 radical (unpaired) electrons. The van der Waals surface area contributed by atoms with E-state index in [9.17, 15) is 0 Å². The van der Waals surface area contributed by atoms with Crippen molar-refractivity contribution in [1.82, 2.24) is 0 Å². The summed E-state index contributed by atoms with van der Waals surface area (Å²) in [7, 11) is -0.662. The molecule has 2 heteroatoms. The molecule has 0 unspecified atom stereocenters. The van der Waals surface area contributed by atoms with Gasteiger partial charge in [-0.1, -0.05) is 38.4 Å². The van der Waals surface area contributed by atoms with E-state index in [4.69, 9.17) is 4.74 Å². The molecule has 2 rings (SSSR count). The molecule has 0 spiro atoms. The van der Waals surface area contributed by atoms with Gasteiger partial charge in [-0.25, -0.2) is 0 Å². The molecule has 1 saturated heterocycles. The maximum absolute atomic E-state index is 5.83. The van der Waals surface area contributed by atoms with Crippen molar-refractivity contribution in [1.29, 1.82) is 0 Å². The van der Waals surface area contributed by atoms with E-state index in [2.05, 4.69) is 31.9 Å². The Morgan fingerprint density at radius 3 is 2.44 bits per heavy atom. The Hall–Kier alpha value is -0.130. The highest BCUT2D eigenvalue weighted by atomic mass is 32.3.